The van der Waals surface area contributed by atoms with Gasteiger partial charge in [-0.05, 0) is 25.1 Å². The summed E-state index contributed by atoms with van der Waals surface area (Å²) >= 11 is 0. The molecule has 0 spiro atoms. The van der Waals surface area contributed by atoms with Gasteiger partial charge in [0, 0.05) is 32.4 Å². The Hall–Kier alpha value is -3.16. The van der Waals surface area contributed by atoms with Crippen LogP contribution in [0.1, 0.15) is 17.4 Å². The first-order chi connectivity index (χ1) is 12.7. The van der Waals surface area contributed by atoms with Crippen molar-refractivity contribution in [2.45, 2.75) is 6.92 Å². The second kappa shape index (κ2) is 8.28. The fourth-order valence-electron chi connectivity index (χ4n) is 2.70. The SMILES string of the molecule is CCOc1ccccc1Nc1nccc(C(=O)N2CCN(C=O)CC2)n1. The van der Waals surface area contributed by atoms with Gasteiger partial charge in [0.1, 0.15) is 11.4 Å². The standard InChI is InChI=1S/C18H21N5O3/c1-2-26-16-6-4-3-5-14(16)20-18-19-8-7-15(21-18)17(25)23-11-9-22(13-24)10-12-23/h3-8,13H,2,9-12H2,1H3,(H,19,20,21). The highest BCUT2D eigenvalue weighted by Crippen LogP contribution is 2.26. The summed E-state index contributed by atoms with van der Waals surface area (Å²) in [6.07, 6.45) is 2.36. The van der Waals surface area contributed by atoms with Crippen LogP contribution >= 0.6 is 0 Å². The molecule has 0 atom stereocenters. The molecule has 26 heavy (non-hydrogen) atoms. The molecule has 136 valence electrons. The van der Waals surface area contributed by atoms with Crippen molar-refractivity contribution >= 4 is 24.0 Å². The zero-order valence-corrected chi connectivity index (χ0v) is 14.6. The number of amides is 2. The molecule has 2 amide bonds. The number of nitrogens with zero attached hydrogens (tertiary/aromatic N) is 4. The number of anilines is 2. The zero-order valence-electron chi connectivity index (χ0n) is 14.6. The molecule has 0 unspecified atom stereocenters. The van der Waals surface area contributed by atoms with Crippen molar-refractivity contribution in [2.24, 2.45) is 0 Å². The first kappa shape index (κ1) is 17.7. The molecule has 1 fully saturated rings. The Labute approximate surface area is 151 Å². The maximum atomic E-state index is 12.6. The van der Waals surface area contributed by atoms with E-state index in [1.165, 1.54) is 0 Å². The number of nitrogens with one attached hydrogen (secondary N) is 1. The van der Waals surface area contributed by atoms with Gasteiger partial charge in [0.15, 0.2) is 0 Å². The number of ether oxygens (including phenoxy) is 1. The normalized spacial score (nSPS) is 14.0. The predicted octanol–water partition coefficient (Wildman–Crippen LogP) is 1.53. The van der Waals surface area contributed by atoms with E-state index in [1.807, 2.05) is 31.2 Å². The Bertz CT molecular complexity index is 775. The lowest BCUT2D eigenvalue weighted by molar-refractivity contribution is -0.119. The molecule has 1 aliphatic rings. The summed E-state index contributed by atoms with van der Waals surface area (Å²) in [5.74, 6) is 0.855. The number of hydrogen-bond acceptors (Lipinski definition) is 6. The Morgan fingerprint density at radius 2 is 2.00 bits per heavy atom. The topological polar surface area (TPSA) is 87.7 Å². The number of piperazine rings is 1. The average Bonchev–Trinajstić information content (AvgIpc) is 2.69. The summed E-state index contributed by atoms with van der Waals surface area (Å²) in [5, 5.41) is 3.10. The third kappa shape index (κ3) is 4.08. The molecule has 1 aromatic heterocycles. The van der Waals surface area contributed by atoms with Gasteiger partial charge in [-0.15, -0.1) is 0 Å². The lowest BCUT2D eigenvalue weighted by Crippen LogP contribution is -2.48. The minimum atomic E-state index is -0.168. The fraction of sp³-hybridized carbons (Fsp3) is 0.333. The molecular formula is C18H21N5O3. The van der Waals surface area contributed by atoms with Crippen molar-refractivity contribution in [1.29, 1.82) is 0 Å². The van der Waals surface area contributed by atoms with E-state index in [9.17, 15) is 9.59 Å². The quantitative estimate of drug-likeness (QED) is 0.791. The number of para-hydroxylation sites is 2. The van der Waals surface area contributed by atoms with Gasteiger partial charge in [0.05, 0.1) is 12.3 Å². The van der Waals surface area contributed by atoms with Gasteiger partial charge in [0.2, 0.25) is 12.4 Å². The van der Waals surface area contributed by atoms with E-state index in [-0.39, 0.29) is 5.91 Å². The number of carbonyl (C=O) groups is 2. The first-order valence-corrected chi connectivity index (χ1v) is 8.51. The van der Waals surface area contributed by atoms with Crippen molar-refractivity contribution in [3.8, 4) is 5.75 Å². The second-order valence-electron chi connectivity index (χ2n) is 5.75. The number of aromatic nitrogens is 2. The third-order valence-electron chi connectivity index (χ3n) is 4.06. The Morgan fingerprint density at radius 3 is 2.73 bits per heavy atom. The smallest absolute Gasteiger partial charge is 0.272 e. The zero-order chi connectivity index (χ0) is 18.4. The molecule has 1 aromatic carbocycles. The van der Waals surface area contributed by atoms with Crippen LogP contribution in [0, 0.1) is 0 Å². The largest absolute Gasteiger partial charge is 0.492 e. The van der Waals surface area contributed by atoms with Gasteiger partial charge < -0.3 is 19.9 Å². The number of hydrogen-bond donors (Lipinski definition) is 1. The molecular weight excluding hydrogens is 334 g/mol. The second-order valence-corrected chi connectivity index (χ2v) is 5.75. The van der Waals surface area contributed by atoms with Crippen LogP contribution in [0.4, 0.5) is 11.6 Å². The van der Waals surface area contributed by atoms with Crippen LogP contribution in [0.25, 0.3) is 0 Å². The van der Waals surface area contributed by atoms with E-state index in [2.05, 4.69) is 15.3 Å². The summed E-state index contributed by atoms with van der Waals surface area (Å²) in [4.78, 5) is 35.3. The molecule has 2 aromatic rings. The van der Waals surface area contributed by atoms with Crippen LogP contribution in [0.15, 0.2) is 36.5 Å². The van der Waals surface area contributed by atoms with Crippen molar-refractivity contribution in [3.05, 3.63) is 42.2 Å². The average molecular weight is 355 g/mol. The first-order valence-electron chi connectivity index (χ1n) is 8.51. The van der Waals surface area contributed by atoms with Gasteiger partial charge in [-0.1, -0.05) is 12.1 Å². The van der Waals surface area contributed by atoms with E-state index in [0.29, 0.717) is 50.2 Å². The summed E-state index contributed by atoms with van der Waals surface area (Å²) < 4.78 is 5.58. The number of carbonyl (C=O) groups excluding carboxylic acids is 2. The summed E-state index contributed by atoms with van der Waals surface area (Å²) in [6, 6.07) is 9.07. The van der Waals surface area contributed by atoms with Crippen LogP contribution in [0.5, 0.6) is 5.75 Å². The molecule has 1 N–H and O–H groups in total. The lowest BCUT2D eigenvalue weighted by Gasteiger charge is -2.32. The van der Waals surface area contributed by atoms with E-state index in [1.54, 1.807) is 22.1 Å². The Morgan fingerprint density at radius 1 is 1.23 bits per heavy atom. The van der Waals surface area contributed by atoms with Crippen LogP contribution in [0.3, 0.4) is 0 Å². The summed E-state index contributed by atoms with van der Waals surface area (Å²) in [6.45, 7) is 4.52. The molecule has 0 aliphatic carbocycles. The van der Waals surface area contributed by atoms with E-state index < -0.39 is 0 Å². The van der Waals surface area contributed by atoms with Crippen molar-refractivity contribution in [3.63, 3.8) is 0 Å². The van der Waals surface area contributed by atoms with Crippen LogP contribution < -0.4 is 10.1 Å². The highest BCUT2D eigenvalue weighted by molar-refractivity contribution is 5.92. The molecule has 2 heterocycles. The lowest BCUT2D eigenvalue weighted by atomic mass is 10.3. The fourth-order valence-corrected chi connectivity index (χ4v) is 2.70. The van der Waals surface area contributed by atoms with Crippen molar-refractivity contribution in [1.82, 2.24) is 19.8 Å². The number of benzene rings is 1. The molecule has 8 nitrogen and oxygen atoms in total. The Balaban J connectivity index is 1.72. The Kier molecular flexibility index (Phi) is 5.62. The molecule has 1 aliphatic heterocycles. The molecule has 8 heteroatoms. The van der Waals surface area contributed by atoms with E-state index in [4.69, 9.17) is 4.74 Å². The van der Waals surface area contributed by atoms with Crippen molar-refractivity contribution in [2.75, 3.05) is 38.1 Å². The predicted molar refractivity (Wildman–Crippen MR) is 96.5 cm³/mol. The van der Waals surface area contributed by atoms with E-state index in [0.717, 1.165) is 12.1 Å². The van der Waals surface area contributed by atoms with E-state index >= 15 is 0 Å². The van der Waals surface area contributed by atoms with Gasteiger partial charge in [-0.2, -0.15) is 0 Å². The van der Waals surface area contributed by atoms with Crippen LogP contribution in [-0.4, -0.2) is 64.9 Å². The van der Waals surface area contributed by atoms with Gasteiger partial charge >= 0.3 is 0 Å². The molecule has 3 rings (SSSR count). The summed E-state index contributed by atoms with van der Waals surface area (Å²) in [7, 11) is 0. The van der Waals surface area contributed by atoms with Crippen LogP contribution in [-0.2, 0) is 4.79 Å². The highest BCUT2D eigenvalue weighted by Gasteiger charge is 2.22. The van der Waals surface area contributed by atoms with Gasteiger partial charge in [-0.3, -0.25) is 9.59 Å². The maximum absolute atomic E-state index is 12.6. The third-order valence-corrected chi connectivity index (χ3v) is 4.06. The van der Waals surface area contributed by atoms with Crippen LogP contribution in [0.2, 0.25) is 0 Å². The highest BCUT2D eigenvalue weighted by atomic mass is 16.5. The van der Waals surface area contributed by atoms with Crippen molar-refractivity contribution < 1.29 is 14.3 Å². The molecule has 0 saturated carbocycles. The van der Waals surface area contributed by atoms with Gasteiger partial charge in [-0.25, -0.2) is 9.97 Å². The number of rotatable bonds is 6. The maximum Gasteiger partial charge on any atom is 0.272 e. The molecule has 0 bridgehead atoms. The summed E-state index contributed by atoms with van der Waals surface area (Å²) in [5.41, 5.74) is 1.05. The minimum absolute atomic E-state index is 0.168. The minimum Gasteiger partial charge on any atom is -0.492 e. The molecule has 1 saturated heterocycles. The van der Waals surface area contributed by atoms with Gasteiger partial charge in [0.25, 0.3) is 5.91 Å². The monoisotopic (exact) mass is 355 g/mol. The molecule has 0 radical (unpaired) electrons.